The summed E-state index contributed by atoms with van der Waals surface area (Å²) in [6.45, 7) is 5.65. The van der Waals surface area contributed by atoms with Crippen LogP contribution in [0.25, 0.3) is 0 Å². The normalized spacial score (nSPS) is 14.9. The van der Waals surface area contributed by atoms with Gasteiger partial charge in [0, 0.05) is 27.7 Å². The van der Waals surface area contributed by atoms with Crippen LogP contribution in [0.5, 0.6) is 5.75 Å². The number of carbonyl (C=O) groups excluding carboxylic acids is 2. The summed E-state index contributed by atoms with van der Waals surface area (Å²) in [5, 5.41) is 4.80. The third-order valence-electron chi connectivity index (χ3n) is 6.47. The highest BCUT2D eigenvalue weighted by molar-refractivity contribution is 6.35. The van der Waals surface area contributed by atoms with E-state index in [1.807, 2.05) is 20.8 Å². The molecule has 0 spiro atoms. The van der Waals surface area contributed by atoms with E-state index in [4.69, 9.17) is 39.5 Å². The van der Waals surface area contributed by atoms with Gasteiger partial charge < -0.3 is 15.0 Å². The predicted molar refractivity (Wildman–Crippen MR) is 143 cm³/mol. The van der Waals surface area contributed by atoms with Crippen molar-refractivity contribution in [1.82, 2.24) is 10.2 Å². The van der Waals surface area contributed by atoms with Gasteiger partial charge in [-0.15, -0.1) is 0 Å². The van der Waals surface area contributed by atoms with Crippen molar-refractivity contribution >= 4 is 46.6 Å². The fraction of sp³-hybridized carbons (Fsp3) is 0.481. The summed E-state index contributed by atoms with van der Waals surface area (Å²) in [7, 11) is 0. The van der Waals surface area contributed by atoms with Gasteiger partial charge in [-0.3, -0.25) is 9.59 Å². The van der Waals surface area contributed by atoms with E-state index in [1.54, 1.807) is 35.2 Å². The third-order valence-corrected chi connectivity index (χ3v) is 7.65. The lowest BCUT2D eigenvalue weighted by Gasteiger charge is -2.33. The van der Waals surface area contributed by atoms with Crippen LogP contribution >= 0.6 is 34.8 Å². The number of amides is 2. The number of aryl methyl sites for hydroxylation is 2. The standard InChI is InChI=1S/C27H33Cl3N2O3/c1-4-24(27(34)31-21-8-6-5-7-9-21)32(15-19-10-11-20(28)14-23(19)29)25(33)16-35-22-12-17(2)26(30)18(3)13-22/h10-14,21,24H,4-9,15-16H2,1-3H3,(H,31,34)/t24-/m1/s1. The van der Waals surface area contributed by atoms with Crippen LogP contribution in [-0.4, -0.2) is 35.4 Å². The van der Waals surface area contributed by atoms with Crippen molar-refractivity contribution in [3.63, 3.8) is 0 Å². The Kier molecular flexibility index (Phi) is 10.1. The Morgan fingerprint density at radius 2 is 1.71 bits per heavy atom. The second kappa shape index (κ2) is 12.8. The lowest BCUT2D eigenvalue weighted by molar-refractivity contribution is -0.143. The van der Waals surface area contributed by atoms with E-state index < -0.39 is 6.04 Å². The third kappa shape index (κ3) is 7.52. The molecular formula is C27H33Cl3N2O3. The first-order valence-electron chi connectivity index (χ1n) is 12.1. The summed E-state index contributed by atoms with van der Waals surface area (Å²) in [6, 6.07) is 8.26. The summed E-state index contributed by atoms with van der Waals surface area (Å²) >= 11 is 18.7. The van der Waals surface area contributed by atoms with Gasteiger partial charge in [-0.2, -0.15) is 0 Å². The zero-order chi connectivity index (χ0) is 25.5. The molecule has 35 heavy (non-hydrogen) atoms. The molecule has 0 aliphatic heterocycles. The van der Waals surface area contributed by atoms with Gasteiger partial charge in [0.2, 0.25) is 5.91 Å². The molecular weight excluding hydrogens is 507 g/mol. The van der Waals surface area contributed by atoms with E-state index in [-0.39, 0.29) is 31.0 Å². The number of nitrogens with one attached hydrogen (secondary N) is 1. The summed E-state index contributed by atoms with van der Waals surface area (Å²) in [4.78, 5) is 28.3. The van der Waals surface area contributed by atoms with Crippen molar-refractivity contribution in [2.24, 2.45) is 0 Å². The van der Waals surface area contributed by atoms with Crippen molar-refractivity contribution in [2.75, 3.05) is 6.61 Å². The number of nitrogens with zero attached hydrogens (tertiary/aromatic N) is 1. The SMILES string of the molecule is CC[C@H](C(=O)NC1CCCCC1)N(Cc1ccc(Cl)cc1Cl)C(=O)COc1cc(C)c(Cl)c(C)c1. The average Bonchev–Trinajstić information content (AvgIpc) is 2.82. The second-order valence-corrected chi connectivity index (χ2v) is 10.4. The van der Waals surface area contributed by atoms with Crippen LogP contribution in [0.2, 0.25) is 15.1 Å². The molecule has 0 saturated heterocycles. The Bertz CT molecular complexity index is 1030. The smallest absolute Gasteiger partial charge is 0.261 e. The number of hydrogen-bond acceptors (Lipinski definition) is 3. The van der Waals surface area contributed by atoms with E-state index in [0.717, 1.165) is 36.8 Å². The monoisotopic (exact) mass is 538 g/mol. The van der Waals surface area contributed by atoms with Crippen LogP contribution in [0.1, 0.15) is 62.1 Å². The van der Waals surface area contributed by atoms with Gasteiger partial charge in [0.15, 0.2) is 6.61 Å². The lowest BCUT2D eigenvalue weighted by Crippen LogP contribution is -2.52. The van der Waals surface area contributed by atoms with E-state index >= 15 is 0 Å². The first kappa shape index (κ1) is 27.6. The highest BCUT2D eigenvalue weighted by Crippen LogP contribution is 2.27. The fourth-order valence-electron chi connectivity index (χ4n) is 4.51. The van der Waals surface area contributed by atoms with Crippen LogP contribution in [-0.2, 0) is 16.1 Å². The molecule has 1 aliphatic rings. The first-order chi connectivity index (χ1) is 16.7. The Labute approximate surface area is 223 Å². The van der Waals surface area contributed by atoms with Gasteiger partial charge in [-0.25, -0.2) is 0 Å². The van der Waals surface area contributed by atoms with Crippen molar-refractivity contribution in [1.29, 1.82) is 0 Å². The Balaban J connectivity index is 1.81. The number of carbonyl (C=O) groups is 2. The largest absolute Gasteiger partial charge is 0.484 e. The van der Waals surface area contributed by atoms with Crippen molar-refractivity contribution < 1.29 is 14.3 Å². The minimum atomic E-state index is -0.645. The molecule has 2 amide bonds. The van der Waals surface area contributed by atoms with Gasteiger partial charge in [-0.05, 0) is 74.1 Å². The van der Waals surface area contributed by atoms with E-state index in [2.05, 4.69) is 5.32 Å². The van der Waals surface area contributed by atoms with Gasteiger partial charge >= 0.3 is 0 Å². The second-order valence-electron chi connectivity index (χ2n) is 9.18. The summed E-state index contributed by atoms with van der Waals surface area (Å²) in [5.41, 5.74) is 2.46. The van der Waals surface area contributed by atoms with Crippen LogP contribution < -0.4 is 10.1 Å². The molecule has 190 valence electrons. The molecule has 1 aliphatic carbocycles. The minimum absolute atomic E-state index is 0.143. The molecule has 2 aromatic carbocycles. The quantitative estimate of drug-likeness (QED) is 0.377. The first-order valence-corrected chi connectivity index (χ1v) is 13.3. The molecule has 2 aromatic rings. The lowest BCUT2D eigenvalue weighted by atomic mass is 9.95. The van der Waals surface area contributed by atoms with E-state index in [9.17, 15) is 9.59 Å². The van der Waals surface area contributed by atoms with E-state index in [1.165, 1.54) is 6.42 Å². The van der Waals surface area contributed by atoms with Crippen LogP contribution in [0.4, 0.5) is 0 Å². The van der Waals surface area contributed by atoms with Crippen molar-refractivity contribution in [3.8, 4) is 5.75 Å². The number of rotatable bonds is 9. The van der Waals surface area contributed by atoms with Gasteiger partial charge in [-0.1, -0.05) is 67.1 Å². The predicted octanol–water partition coefficient (Wildman–Crippen LogP) is 6.90. The number of hydrogen-bond donors (Lipinski definition) is 1. The number of benzene rings is 2. The molecule has 1 atom stereocenters. The maximum absolute atomic E-state index is 13.5. The zero-order valence-corrected chi connectivity index (χ0v) is 22.8. The molecule has 0 bridgehead atoms. The highest BCUT2D eigenvalue weighted by Gasteiger charge is 2.31. The average molecular weight is 540 g/mol. The van der Waals surface area contributed by atoms with Gasteiger partial charge in [0.25, 0.3) is 5.91 Å². The molecule has 0 radical (unpaired) electrons. The van der Waals surface area contributed by atoms with Crippen molar-refractivity contribution in [3.05, 3.63) is 62.1 Å². The molecule has 0 aromatic heterocycles. The Hall–Kier alpha value is -1.95. The molecule has 3 rings (SSSR count). The van der Waals surface area contributed by atoms with Crippen LogP contribution in [0.3, 0.4) is 0 Å². The molecule has 1 fully saturated rings. The fourth-order valence-corrected chi connectivity index (χ4v) is 5.09. The number of ether oxygens (including phenoxy) is 1. The van der Waals surface area contributed by atoms with Crippen LogP contribution in [0.15, 0.2) is 30.3 Å². The number of halogens is 3. The Morgan fingerprint density at radius 1 is 1.06 bits per heavy atom. The molecule has 0 unspecified atom stereocenters. The minimum Gasteiger partial charge on any atom is -0.484 e. The maximum Gasteiger partial charge on any atom is 0.261 e. The molecule has 0 heterocycles. The molecule has 1 saturated carbocycles. The van der Waals surface area contributed by atoms with Gasteiger partial charge in [0.1, 0.15) is 11.8 Å². The highest BCUT2D eigenvalue weighted by atomic mass is 35.5. The topological polar surface area (TPSA) is 58.6 Å². The molecule has 5 nitrogen and oxygen atoms in total. The molecule has 8 heteroatoms. The van der Waals surface area contributed by atoms with Gasteiger partial charge in [0.05, 0.1) is 0 Å². The Morgan fingerprint density at radius 3 is 2.31 bits per heavy atom. The summed E-state index contributed by atoms with van der Waals surface area (Å²) in [5.74, 6) is 0.116. The summed E-state index contributed by atoms with van der Waals surface area (Å²) in [6.07, 6.45) is 5.82. The van der Waals surface area contributed by atoms with Crippen molar-refractivity contribution in [2.45, 2.75) is 77.9 Å². The van der Waals surface area contributed by atoms with E-state index in [0.29, 0.717) is 32.8 Å². The summed E-state index contributed by atoms with van der Waals surface area (Å²) < 4.78 is 5.84. The van der Waals surface area contributed by atoms with Crippen LogP contribution in [0, 0.1) is 13.8 Å². The maximum atomic E-state index is 13.5. The zero-order valence-electron chi connectivity index (χ0n) is 20.5. The molecule has 1 N–H and O–H groups in total.